The van der Waals surface area contributed by atoms with Crippen LogP contribution < -0.4 is 0 Å². The lowest BCUT2D eigenvalue weighted by Crippen LogP contribution is -2.30. The fraction of sp³-hybridized carbons (Fsp3) is 0.953. The summed E-state index contributed by atoms with van der Waals surface area (Å²) < 4.78 is 68.6. The van der Waals surface area contributed by atoms with Crippen LogP contribution in [0.15, 0.2) is 0 Å². The lowest BCUT2D eigenvalue weighted by atomic mass is 10.0. The van der Waals surface area contributed by atoms with Gasteiger partial charge in [-0.15, -0.1) is 0 Å². The fourth-order valence-electron chi connectivity index (χ4n) is 13.3. The smallest absolute Gasteiger partial charge is 0.462 e. The van der Waals surface area contributed by atoms with Crippen LogP contribution in [0, 0.1) is 5.92 Å². The van der Waals surface area contributed by atoms with E-state index in [1.54, 1.807) is 0 Å². The van der Waals surface area contributed by atoms with Gasteiger partial charge in [0.15, 0.2) is 12.2 Å². The molecule has 0 spiro atoms. The summed E-state index contributed by atoms with van der Waals surface area (Å²) in [6.45, 7) is 7.26. The van der Waals surface area contributed by atoms with Crippen LogP contribution in [0.1, 0.15) is 458 Å². The molecule has 3 N–H and O–H groups in total. The van der Waals surface area contributed by atoms with Gasteiger partial charge in [0.1, 0.15) is 19.3 Å². The molecule has 0 saturated heterocycles. The minimum absolute atomic E-state index is 0.106. The van der Waals surface area contributed by atoms with E-state index in [0.29, 0.717) is 25.7 Å². The summed E-state index contributed by atoms with van der Waals surface area (Å²) in [6, 6.07) is 0. The van der Waals surface area contributed by atoms with Gasteiger partial charge in [0.25, 0.3) is 0 Å². The number of phosphoric ester groups is 2. The van der Waals surface area contributed by atoms with Crippen LogP contribution in [0.2, 0.25) is 0 Å². The van der Waals surface area contributed by atoms with Crippen LogP contribution in [-0.2, 0) is 65.4 Å². The van der Waals surface area contributed by atoms with Crippen LogP contribution >= 0.6 is 15.6 Å². The molecule has 0 radical (unpaired) electrons. The molecule has 104 heavy (non-hydrogen) atoms. The summed E-state index contributed by atoms with van der Waals surface area (Å²) in [6.07, 6.45) is 71.6. The molecule has 0 aromatic carbocycles. The van der Waals surface area contributed by atoms with Crippen molar-refractivity contribution in [1.29, 1.82) is 0 Å². The van der Waals surface area contributed by atoms with E-state index in [9.17, 15) is 43.2 Å². The maximum atomic E-state index is 13.1. The second kappa shape index (κ2) is 77.8. The largest absolute Gasteiger partial charge is 0.472 e. The molecule has 0 aromatic rings. The lowest BCUT2D eigenvalue weighted by molar-refractivity contribution is -0.161. The number of hydrogen-bond donors (Lipinski definition) is 3. The van der Waals surface area contributed by atoms with Gasteiger partial charge in [-0.3, -0.25) is 37.3 Å². The summed E-state index contributed by atoms with van der Waals surface area (Å²) in [5.74, 6) is -1.34. The van der Waals surface area contributed by atoms with Crippen molar-refractivity contribution in [2.24, 2.45) is 5.92 Å². The van der Waals surface area contributed by atoms with Gasteiger partial charge >= 0.3 is 39.5 Å². The van der Waals surface area contributed by atoms with Gasteiger partial charge in [-0.05, 0) is 31.6 Å². The monoisotopic (exact) mass is 1520 g/mol. The molecule has 0 rings (SSSR count). The second-order valence-electron chi connectivity index (χ2n) is 31.1. The normalized spacial score (nSPS) is 13.8. The zero-order valence-corrected chi connectivity index (χ0v) is 70.0. The maximum absolute atomic E-state index is 13.1. The SMILES string of the molecule is CCCCCCCCCCCCCCCCCCCCCCCCC(=O)OC[C@H](COP(=O)(O)OC[C@@H](O)COP(=O)(O)OC[C@@H](COC(=O)CCCCCCC)OC(=O)CCCCCCCCCCCCCCC(C)C)OC(=O)CCCCCCCCCCCCCCCCCCCCCCCC. The molecule has 17 nitrogen and oxygen atoms in total. The van der Waals surface area contributed by atoms with E-state index in [2.05, 4.69) is 34.6 Å². The number of rotatable bonds is 85. The zero-order chi connectivity index (χ0) is 76.2. The molecule has 0 bridgehead atoms. The highest BCUT2D eigenvalue weighted by Gasteiger charge is 2.30. The summed E-state index contributed by atoms with van der Waals surface area (Å²) in [5.41, 5.74) is 0. The first-order chi connectivity index (χ1) is 50.5. The standard InChI is InChI=1S/C85H166O17P2/c1-6-9-12-15-17-19-21-23-25-27-29-31-33-35-37-39-41-46-50-54-59-64-69-83(88)96-75-81(102-85(90)71-65-60-55-51-47-42-40-38-36-34-32-30-28-26-24-22-20-18-16-13-10-7-2)77-100-104(93,94)98-73-79(86)72-97-103(91,92)99-76-80(74-95-82(87)68-63-57-14-11-8-3)101-84(89)70-66-61-56-52-48-44-43-45-49-53-58-62-67-78(4)5/h78-81,86H,6-77H2,1-5H3,(H,91,92)(H,93,94)/t79-,80+,81+/m0/s1. The van der Waals surface area contributed by atoms with Crippen molar-refractivity contribution < 1.29 is 80.2 Å². The fourth-order valence-corrected chi connectivity index (χ4v) is 14.9. The van der Waals surface area contributed by atoms with Gasteiger partial charge in [-0.2, -0.15) is 0 Å². The third-order valence-electron chi connectivity index (χ3n) is 20.0. The molecule has 0 amide bonds. The Balaban J connectivity index is 5.09. The molecule has 19 heteroatoms. The minimum Gasteiger partial charge on any atom is -0.462 e. The van der Waals surface area contributed by atoms with E-state index in [-0.39, 0.29) is 25.7 Å². The third-order valence-corrected chi connectivity index (χ3v) is 21.9. The number of esters is 4. The topological polar surface area (TPSA) is 237 Å². The molecular weight excluding hydrogens is 1350 g/mol. The number of carbonyl (C=O) groups is 4. The van der Waals surface area contributed by atoms with Crippen molar-refractivity contribution in [3.63, 3.8) is 0 Å². The summed E-state index contributed by atoms with van der Waals surface area (Å²) in [7, 11) is -9.91. The van der Waals surface area contributed by atoms with E-state index in [4.69, 9.17) is 37.0 Å². The van der Waals surface area contributed by atoms with Gasteiger partial charge in [0.05, 0.1) is 26.4 Å². The highest BCUT2D eigenvalue weighted by molar-refractivity contribution is 7.47. The molecule has 0 saturated carbocycles. The van der Waals surface area contributed by atoms with Crippen LogP contribution in [0.4, 0.5) is 0 Å². The van der Waals surface area contributed by atoms with Gasteiger partial charge in [0.2, 0.25) is 0 Å². The molecule has 5 atom stereocenters. The number of unbranched alkanes of at least 4 members (excludes halogenated alkanes) is 57. The second-order valence-corrected chi connectivity index (χ2v) is 34.0. The average molecular weight is 1520 g/mol. The van der Waals surface area contributed by atoms with Crippen molar-refractivity contribution in [2.45, 2.75) is 477 Å². The van der Waals surface area contributed by atoms with E-state index in [0.717, 1.165) is 102 Å². The minimum atomic E-state index is -4.96. The van der Waals surface area contributed by atoms with Crippen molar-refractivity contribution in [3.8, 4) is 0 Å². The highest BCUT2D eigenvalue weighted by Crippen LogP contribution is 2.45. The Morgan fingerprint density at radius 3 is 0.654 bits per heavy atom. The van der Waals surface area contributed by atoms with Gasteiger partial charge in [-0.25, -0.2) is 9.13 Å². The summed E-state index contributed by atoms with van der Waals surface area (Å²) in [4.78, 5) is 72.8. The quantitative estimate of drug-likeness (QED) is 0.0222. The first-order valence-corrected chi connectivity index (χ1v) is 47.1. The Hall–Kier alpha value is -1.94. The predicted octanol–water partition coefficient (Wildman–Crippen LogP) is 26.0. The Morgan fingerprint density at radius 1 is 0.260 bits per heavy atom. The van der Waals surface area contributed by atoms with E-state index in [1.165, 1.54) is 276 Å². The van der Waals surface area contributed by atoms with Gasteiger partial charge in [0, 0.05) is 25.7 Å². The Kier molecular flexibility index (Phi) is 76.3. The molecule has 0 heterocycles. The Bertz CT molecular complexity index is 1980. The number of ether oxygens (including phenoxy) is 4. The molecule has 0 aliphatic rings. The van der Waals surface area contributed by atoms with Crippen LogP contribution in [0.3, 0.4) is 0 Å². The first kappa shape index (κ1) is 102. The zero-order valence-electron chi connectivity index (χ0n) is 68.2. The summed E-state index contributed by atoms with van der Waals surface area (Å²) >= 11 is 0. The maximum Gasteiger partial charge on any atom is 0.472 e. The van der Waals surface area contributed by atoms with Crippen molar-refractivity contribution >= 4 is 39.5 Å². The average Bonchev–Trinajstić information content (AvgIpc) is 0.905. The number of aliphatic hydroxyl groups excluding tert-OH is 1. The van der Waals surface area contributed by atoms with Crippen molar-refractivity contribution in [3.05, 3.63) is 0 Å². The third kappa shape index (κ3) is 78.2. The molecular formula is C85H166O17P2. The lowest BCUT2D eigenvalue weighted by Gasteiger charge is -2.21. The molecule has 0 aliphatic carbocycles. The number of aliphatic hydroxyl groups is 1. The molecule has 0 fully saturated rings. The van der Waals surface area contributed by atoms with Gasteiger partial charge < -0.3 is 33.8 Å². The van der Waals surface area contributed by atoms with Crippen molar-refractivity contribution in [1.82, 2.24) is 0 Å². The molecule has 2 unspecified atom stereocenters. The number of phosphoric acid groups is 2. The summed E-state index contributed by atoms with van der Waals surface area (Å²) in [5, 5.41) is 10.6. The first-order valence-electron chi connectivity index (χ1n) is 44.1. The van der Waals surface area contributed by atoms with Crippen LogP contribution in [0.5, 0.6) is 0 Å². The highest BCUT2D eigenvalue weighted by atomic mass is 31.2. The molecule has 618 valence electrons. The number of hydrogen-bond acceptors (Lipinski definition) is 15. The molecule has 0 aromatic heterocycles. The van der Waals surface area contributed by atoms with E-state index in [1.807, 2.05) is 0 Å². The van der Waals surface area contributed by atoms with Crippen molar-refractivity contribution in [2.75, 3.05) is 39.6 Å². The Morgan fingerprint density at radius 2 is 0.442 bits per heavy atom. The van der Waals surface area contributed by atoms with Gasteiger partial charge in [-0.1, -0.05) is 407 Å². The van der Waals surface area contributed by atoms with Crippen LogP contribution in [-0.4, -0.2) is 96.7 Å². The van der Waals surface area contributed by atoms with E-state index >= 15 is 0 Å². The predicted molar refractivity (Wildman–Crippen MR) is 428 cm³/mol. The molecule has 0 aliphatic heterocycles. The Labute approximate surface area is 638 Å². The number of carbonyl (C=O) groups excluding carboxylic acids is 4. The van der Waals surface area contributed by atoms with Crippen LogP contribution in [0.25, 0.3) is 0 Å². The van der Waals surface area contributed by atoms with E-state index < -0.39 is 97.5 Å².